The van der Waals surface area contributed by atoms with Crippen molar-refractivity contribution in [3.63, 3.8) is 0 Å². The van der Waals surface area contributed by atoms with Gasteiger partial charge in [0.1, 0.15) is 12.5 Å². The molecule has 0 aromatic rings. The maximum absolute atomic E-state index is 12.1. The summed E-state index contributed by atoms with van der Waals surface area (Å²) in [5.41, 5.74) is 0. The molecule has 2 fully saturated rings. The first kappa shape index (κ1) is 15.9. The molecular weight excluding hydrogens is 276 g/mol. The molecule has 2 rings (SSSR count). The molecule has 1 unspecified atom stereocenters. The first-order valence-corrected chi connectivity index (χ1v) is 7.39. The molecular formula is C14H22N2O5. The van der Waals surface area contributed by atoms with Crippen LogP contribution in [0.3, 0.4) is 0 Å². The summed E-state index contributed by atoms with van der Waals surface area (Å²) in [6, 6.07) is -0.179. The fourth-order valence-corrected chi connectivity index (χ4v) is 2.25. The summed E-state index contributed by atoms with van der Waals surface area (Å²) in [6.45, 7) is 3.31. The van der Waals surface area contributed by atoms with Gasteiger partial charge in [-0.2, -0.15) is 0 Å². The van der Waals surface area contributed by atoms with Crippen LogP contribution in [0.1, 0.15) is 26.2 Å². The van der Waals surface area contributed by atoms with Gasteiger partial charge in [0.05, 0.1) is 26.4 Å². The van der Waals surface area contributed by atoms with E-state index in [1.54, 1.807) is 11.8 Å². The summed E-state index contributed by atoms with van der Waals surface area (Å²) in [5.74, 6) is -0.851. The number of amides is 1. The number of carbonyl (C=O) groups is 3. The number of ketones is 1. The summed E-state index contributed by atoms with van der Waals surface area (Å²) < 4.78 is 10.1. The van der Waals surface area contributed by atoms with Gasteiger partial charge in [-0.1, -0.05) is 0 Å². The zero-order chi connectivity index (χ0) is 15.2. The largest absolute Gasteiger partial charge is 0.466 e. The first-order valence-electron chi connectivity index (χ1n) is 7.39. The maximum Gasteiger partial charge on any atom is 0.313 e. The van der Waals surface area contributed by atoms with Crippen molar-refractivity contribution < 1.29 is 23.9 Å². The number of nitrogens with one attached hydrogen (secondary N) is 1. The SMILES string of the molecule is CCOC(=O)CC(=O)CN1CCOCC1C(=O)NC1CC1. The lowest BCUT2D eigenvalue weighted by molar-refractivity contribution is -0.146. The second kappa shape index (κ2) is 7.51. The van der Waals surface area contributed by atoms with Crippen molar-refractivity contribution in [2.45, 2.75) is 38.3 Å². The van der Waals surface area contributed by atoms with Gasteiger partial charge in [0, 0.05) is 12.6 Å². The van der Waals surface area contributed by atoms with E-state index in [0.29, 0.717) is 13.2 Å². The molecule has 0 radical (unpaired) electrons. The summed E-state index contributed by atoms with van der Waals surface area (Å²) in [4.78, 5) is 37.1. The van der Waals surface area contributed by atoms with Crippen molar-refractivity contribution >= 4 is 17.7 Å². The Morgan fingerprint density at radius 1 is 1.33 bits per heavy atom. The lowest BCUT2D eigenvalue weighted by Gasteiger charge is -2.33. The zero-order valence-corrected chi connectivity index (χ0v) is 12.3. The van der Waals surface area contributed by atoms with Crippen molar-refractivity contribution in [3.8, 4) is 0 Å². The average molecular weight is 298 g/mol. The van der Waals surface area contributed by atoms with Crippen LogP contribution in [0, 0.1) is 0 Å². The molecule has 1 aliphatic heterocycles. The van der Waals surface area contributed by atoms with Crippen LogP contribution in [-0.4, -0.2) is 67.6 Å². The number of carbonyl (C=O) groups excluding carboxylic acids is 3. The van der Waals surface area contributed by atoms with Crippen LogP contribution in [0.25, 0.3) is 0 Å². The van der Waals surface area contributed by atoms with E-state index >= 15 is 0 Å². The number of hydrogen-bond acceptors (Lipinski definition) is 6. The summed E-state index contributed by atoms with van der Waals surface area (Å²) >= 11 is 0. The zero-order valence-electron chi connectivity index (χ0n) is 12.3. The Balaban J connectivity index is 1.84. The lowest BCUT2D eigenvalue weighted by Crippen LogP contribution is -2.55. The number of Topliss-reactive ketones (excluding diaryl/α,β-unsaturated/α-hetero) is 1. The third-order valence-corrected chi connectivity index (χ3v) is 3.49. The smallest absolute Gasteiger partial charge is 0.313 e. The third-order valence-electron chi connectivity index (χ3n) is 3.49. The second-order valence-corrected chi connectivity index (χ2v) is 5.36. The van der Waals surface area contributed by atoms with Gasteiger partial charge in [0.2, 0.25) is 5.91 Å². The quantitative estimate of drug-likeness (QED) is 0.503. The topological polar surface area (TPSA) is 84.9 Å². The number of esters is 1. The highest BCUT2D eigenvalue weighted by molar-refractivity contribution is 5.97. The number of hydrogen-bond donors (Lipinski definition) is 1. The minimum Gasteiger partial charge on any atom is -0.466 e. The molecule has 1 amide bonds. The van der Waals surface area contributed by atoms with Crippen LogP contribution in [-0.2, 0) is 23.9 Å². The van der Waals surface area contributed by atoms with E-state index < -0.39 is 12.0 Å². The van der Waals surface area contributed by atoms with Crippen LogP contribution in [0.5, 0.6) is 0 Å². The summed E-state index contributed by atoms with van der Waals surface area (Å²) in [7, 11) is 0. The highest BCUT2D eigenvalue weighted by Gasteiger charge is 2.34. The van der Waals surface area contributed by atoms with E-state index in [4.69, 9.17) is 9.47 Å². The number of morpholine rings is 1. The summed E-state index contributed by atoms with van der Waals surface area (Å²) in [6.07, 6.45) is 1.78. The van der Waals surface area contributed by atoms with E-state index in [1.807, 2.05) is 0 Å². The van der Waals surface area contributed by atoms with Gasteiger partial charge < -0.3 is 14.8 Å². The van der Waals surface area contributed by atoms with Crippen LogP contribution >= 0.6 is 0 Å². The van der Waals surface area contributed by atoms with Gasteiger partial charge in [-0.15, -0.1) is 0 Å². The standard InChI is InChI=1S/C14H22N2O5/c1-2-21-13(18)7-11(17)8-16-5-6-20-9-12(16)14(19)15-10-3-4-10/h10,12H,2-9H2,1H3,(H,15,19). The van der Waals surface area contributed by atoms with E-state index in [2.05, 4.69) is 5.32 Å². The Labute approximate surface area is 123 Å². The minimum absolute atomic E-state index is 0.0743. The molecule has 118 valence electrons. The van der Waals surface area contributed by atoms with Crippen molar-refractivity contribution in [1.82, 2.24) is 10.2 Å². The average Bonchev–Trinajstić information content (AvgIpc) is 3.23. The molecule has 0 aromatic heterocycles. The number of ether oxygens (including phenoxy) is 2. The maximum atomic E-state index is 12.1. The predicted octanol–water partition coefficient (Wildman–Crippen LogP) is -0.512. The van der Waals surface area contributed by atoms with Gasteiger partial charge in [-0.05, 0) is 19.8 Å². The van der Waals surface area contributed by atoms with Gasteiger partial charge in [0.15, 0.2) is 5.78 Å². The highest BCUT2D eigenvalue weighted by Crippen LogP contribution is 2.19. The fraction of sp³-hybridized carbons (Fsp3) is 0.786. The van der Waals surface area contributed by atoms with Crippen LogP contribution in [0.15, 0.2) is 0 Å². The molecule has 0 spiro atoms. The molecule has 7 nitrogen and oxygen atoms in total. The highest BCUT2D eigenvalue weighted by atomic mass is 16.5. The van der Waals surface area contributed by atoms with Crippen molar-refractivity contribution in [2.24, 2.45) is 0 Å². The molecule has 1 N–H and O–H groups in total. The van der Waals surface area contributed by atoms with Crippen molar-refractivity contribution in [2.75, 3.05) is 32.9 Å². The van der Waals surface area contributed by atoms with E-state index in [9.17, 15) is 14.4 Å². The molecule has 0 bridgehead atoms. The Morgan fingerprint density at radius 3 is 2.76 bits per heavy atom. The Kier molecular flexibility index (Phi) is 5.69. The first-order chi connectivity index (χ1) is 10.1. The van der Waals surface area contributed by atoms with Gasteiger partial charge in [-0.3, -0.25) is 19.3 Å². The monoisotopic (exact) mass is 298 g/mol. The normalized spacial score (nSPS) is 22.6. The third kappa shape index (κ3) is 5.09. The molecule has 1 heterocycles. The minimum atomic E-state index is -0.519. The van der Waals surface area contributed by atoms with Crippen LogP contribution < -0.4 is 5.32 Å². The second-order valence-electron chi connectivity index (χ2n) is 5.36. The molecule has 21 heavy (non-hydrogen) atoms. The Bertz CT molecular complexity index is 408. The van der Waals surface area contributed by atoms with Crippen LogP contribution in [0.2, 0.25) is 0 Å². The predicted molar refractivity (Wildman–Crippen MR) is 73.6 cm³/mol. The molecule has 7 heteroatoms. The molecule has 1 atom stereocenters. The molecule has 0 aromatic carbocycles. The molecule has 1 aliphatic carbocycles. The van der Waals surface area contributed by atoms with Crippen LogP contribution in [0.4, 0.5) is 0 Å². The van der Waals surface area contributed by atoms with E-state index in [0.717, 1.165) is 12.8 Å². The van der Waals surface area contributed by atoms with E-state index in [1.165, 1.54) is 0 Å². The Morgan fingerprint density at radius 2 is 2.10 bits per heavy atom. The Hall–Kier alpha value is -1.47. The van der Waals surface area contributed by atoms with Gasteiger partial charge in [-0.25, -0.2) is 0 Å². The molecule has 2 aliphatic rings. The fourth-order valence-electron chi connectivity index (χ4n) is 2.25. The molecule has 1 saturated heterocycles. The van der Waals surface area contributed by atoms with Crippen molar-refractivity contribution in [3.05, 3.63) is 0 Å². The van der Waals surface area contributed by atoms with Gasteiger partial charge in [0.25, 0.3) is 0 Å². The molecule has 1 saturated carbocycles. The van der Waals surface area contributed by atoms with E-state index in [-0.39, 0.29) is 43.9 Å². The summed E-state index contributed by atoms with van der Waals surface area (Å²) in [5, 5.41) is 2.92. The number of nitrogens with zero attached hydrogens (tertiary/aromatic N) is 1. The van der Waals surface area contributed by atoms with Gasteiger partial charge >= 0.3 is 5.97 Å². The lowest BCUT2D eigenvalue weighted by atomic mass is 10.1. The number of rotatable bonds is 7. The van der Waals surface area contributed by atoms with Crippen molar-refractivity contribution in [1.29, 1.82) is 0 Å².